The van der Waals surface area contributed by atoms with Crippen LogP contribution in [-0.4, -0.2) is 48.8 Å². The number of ether oxygens (including phenoxy) is 1. The zero-order valence-electron chi connectivity index (χ0n) is 22.2. The standard InChI is InChI=1S/C28H40N6O2/c1-18(2)26(27-30-31-32-34(27)17-23-11-8-12-36-23)33(22-9-6-5-7-10-22)16-21-15-24-20(4)13-19(3)14-25(24)29-28(21)35/h13-15,18,22-23,26H,5-12,16-17H2,1-4H3,(H,29,35)/t23-,26-/m1/s1. The molecule has 2 atom stereocenters. The summed E-state index contributed by atoms with van der Waals surface area (Å²) in [6.07, 6.45) is 8.30. The van der Waals surface area contributed by atoms with Gasteiger partial charge in [0.1, 0.15) is 0 Å². The Hall–Kier alpha value is -2.58. The minimum Gasteiger partial charge on any atom is -0.376 e. The fourth-order valence-corrected chi connectivity index (χ4v) is 6.26. The van der Waals surface area contributed by atoms with Crippen LogP contribution in [0.2, 0.25) is 0 Å². The lowest BCUT2D eigenvalue weighted by molar-refractivity contribution is 0.0553. The van der Waals surface area contributed by atoms with Crippen molar-refractivity contribution in [3.63, 3.8) is 0 Å². The molecule has 2 aliphatic rings. The fraction of sp³-hybridized carbons (Fsp3) is 0.643. The first-order chi connectivity index (χ1) is 17.4. The third-order valence-electron chi connectivity index (χ3n) is 8.00. The lowest BCUT2D eigenvalue weighted by Gasteiger charge is -2.41. The summed E-state index contributed by atoms with van der Waals surface area (Å²) in [6, 6.07) is 6.75. The molecule has 1 aliphatic heterocycles. The molecule has 0 spiro atoms. The van der Waals surface area contributed by atoms with Crippen LogP contribution in [0.15, 0.2) is 23.0 Å². The normalized spacial score (nSPS) is 20.1. The maximum atomic E-state index is 13.3. The highest BCUT2D eigenvalue weighted by Gasteiger charge is 2.35. The number of pyridine rings is 1. The summed E-state index contributed by atoms with van der Waals surface area (Å²) in [4.78, 5) is 19.0. The molecule has 8 heteroatoms. The molecule has 0 radical (unpaired) electrons. The molecule has 3 heterocycles. The quantitative estimate of drug-likeness (QED) is 0.484. The van der Waals surface area contributed by atoms with Gasteiger partial charge in [-0.2, -0.15) is 0 Å². The van der Waals surface area contributed by atoms with E-state index in [9.17, 15) is 4.79 Å². The van der Waals surface area contributed by atoms with E-state index in [-0.39, 0.29) is 23.6 Å². The van der Waals surface area contributed by atoms with Crippen LogP contribution in [0.5, 0.6) is 0 Å². The van der Waals surface area contributed by atoms with Crippen molar-refractivity contribution in [2.75, 3.05) is 6.61 Å². The summed E-state index contributed by atoms with van der Waals surface area (Å²) >= 11 is 0. The van der Waals surface area contributed by atoms with Crippen LogP contribution in [0.1, 0.15) is 87.3 Å². The van der Waals surface area contributed by atoms with Crippen molar-refractivity contribution in [2.45, 2.75) is 104 Å². The molecule has 5 rings (SSSR count). The van der Waals surface area contributed by atoms with Gasteiger partial charge >= 0.3 is 0 Å². The molecule has 0 amide bonds. The van der Waals surface area contributed by atoms with Crippen molar-refractivity contribution in [1.29, 1.82) is 0 Å². The number of aryl methyl sites for hydroxylation is 2. The number of nitrogens with zero attached hydrogens (tertiary/aromatic N) is 5. The molecule has 1 saturated heterocycles. The largest absolute Gasteiger partial charge is 0.376 e. The number of benzene rings is 1. The van der Waals surface area contributed by atoms with Crippen LogP contribution in [0.25, 0.3) is 10.9 Å². The van der Waals surface area contributed by atoms with Crippen LogP contribution in [0, 0.1) is 19.8 Å². The molecule has 36 heavy (non-hydrogen) atoms. The number of aromatic nitrogens is 5. The van der Waals surface area contributed by atoms with E-state index >= 15 is 0 Å². The van der Waals surface area contributed by atoms with Crippen LogP contribution in [0.4, 0.5) is 0 Å². The molecule has 2 aromatic heterocycles. The zero-order valence-corrected chi connectivity index (χ0v) is 22.2. The van der Waals surface area contributed by atoms with Crippen LogP contribution < -0.4 is 5.56 Å². The fourth-order valence-electron chi connectivity index (χ4n) is 6.26. The number of nitrogens with one attached hydrogen (secondary N) is 1. The third kappa shape index (κ3) is 5.25. The average Bonchev–Trinajstić information content (AvgIpc) is 3.52. The summed E-state index contributed by atoms with van der Waals surface area (Å²) in [5, 5.41) is 14.1. The minimum absolute atomic E-state index is 0.00485. The van der Waals surface area contributed by atoms with Gasteiger partial charge in [0.25, 0.3) is 5.56 Å². The highest BCUT2D eigenvalue weighted by Crippen LogP contribution is 2.35. The lowest BCUT2D eigenvalue weighted by atomic mass is 9.90. The number of tetrazole rings is 1. The monoisotopic (exact) mass is 492 g/mol. The Balaban J connectivity index is 1.53. The minimum atomic E-state index is -0.00485. The smallest absolute Gasteiger partial charge is 0.252 e. The average molecular weight is 493 g/mol. The molecule has 1 saturated carbocycles. The van der Waals surface area contributed by atoms with Gasteiger partial charge in [-0.15, -0.1) is 5.10 Å². The number of H-pyrrole nitrogens is 1. The predicted molar refractivity (Wildman–Crippen MR) is 141 cm³/mol. The number of aromatic amines is 1. The van der Waals surface area contributed by atoms with Gasteiger partial charge in [0.15, 0.2) is 5.82 Å². The molecule has 3 aromatic rings. The molecule has 8 nitrogen and oxygen atoms in total. The third-order valence-corrected chi connectivity index (χ3v) is 8.00. The maximum Gasteiger partial charge on any atom is 0.252 e. The summed E-state index contributed by atoms with van der Waals surface area (Å²) in [7, 11) is 0. The number of hydrogen-bond donors (Lipinski definition) is 1. The highest BCUT2D eigenvalue weighted by molar-refractivity contribution is 5.83. The van der Waals surface area contributed by atoms with Crippen molar-refractivity contribution in [1.82, 2.24) is 30.1 Å². The van der Waals surface area contributed by atoms with Gasteiger partial charge in [-0.1, -0.05) is 39.2 Å². The van der Waals surface area contributed by atoms with E-state index in [0.717, 1.165) is 60.1 Å². The maximum absolute atomic E-state index is 13.3. The van der Waals surface area contributed by atoms with Crippen molar-refractivity contribution in [3.05, 3.63) is 51.1 Å². The molecule has 194 valence electrons. The molecular weight excluding hydrogens is 452 g/mol. The summed E-state index contributed by atoms with van der Waals surface area (Å²) in [5.74, 6) is 1.17. The van der Waals surface area contributed by atoms with E-state index in [1.165, 1.54) is 24.8 Å². The van der Waals surface area contributed by atoms with Crippen LogP contribution >= 0.6 is 0 Å². The van der Waals surface area contributed by atoms with Gasteiger partial charge in [0.2, 0.25) is 0 Å². The van der Waals surface area contributed by atoms with Crippen molar-refractivity contribution in [2.24, 2.45) is 5.92 Å². The van der Waals surface area contributed by atoms with Crippen LogP contribution in [-0.2, 0) is 17.8 Å². The summed E-state index contributed by atoms with van der Waals surface area (Å²) < 4.78 is 7.85. The van der Waals surface area contributed by atoms with Crippen molar-refractivity contribution >= 4 is 10.9 Å². The van der Waals surface area contributed by atoms with E-state index in [2.05, 4.69) is 71.3 Å². The Morgan fingerprint density at radius 3 is 2.64 bits per heavy atom. The number of hydrogen-bond acceptors (Lipinski definition) is 6. The Kier molecular flexibility index (Phi) is 7.53. The molecule has 0 unspecified atom stereocenters. The van der Waals surface area contributed by atoms with E-state index < -0.39 is 0 Å². The Labute approximate surface area is 213 Å². The number of rotatable bonds is 8. The molecule has 1 aliphatic carbocycles. The molecule has 1 N–H and O–H groups in total. The first kappa shape index (κ1) is 25.1. The molecule has 2 fully saturated rings. The van der Waals surface area contributed by atoms with Crippen LogP contribution in [0.3, 0.4) is 0 Å². The second-order valence-corrected chi connectivity index (χ2v) is 11.2. The molecular formula is C28H40N6O2. The van der Waals surface area contributed by atoms with E-state index in [4.69, 9.17) is 4.74 Å². The molecule has 1 aromatic carbocycles. The Bertz CT molecular complexity index is 1240. The van der Waals surface area contributed by atoms with Crippen molar-refractivity contribution in [3.8, 4) is 0 Å². The van der Waals surface area contributed by atoms with Gasteiger partial charge < -0.3 is 9.72 Å². The van der Waals surface area contributed by atoms with E-state index in [1.807, 2.05) is 4.68 Å². The van der Waals surface area contributed by atoms with Crippen molar-refractivity contribution < 1.29 is 4.74 Å². The van der Waals surface area contributed by atoms with Gasteiger partial charge in [-0.05, 0) is 79.1 Å². The highest BCUT2D eigenvalue weighted by atomic mass is 16.5. The second kappa shape index (κ2) is 10.8. The van der Waals surface area contributed by atoms with Gasteiger partial charge in [0, 0.05) is 35.7 Å². The summed E-state index contributed by atoms with van der Waals surface area (Å²) in [5.41, 5.74) is 4.06. The van der Waals surface area contributed by atoms with E-state index in [1.54, 1.807) is 0 Å². The second-order valence-electron chi connectivity index (χ2n) is 11.2. The predicted octanol–water partition coefficient (Wildman–Crippen LogP) is 4.84. The van der Waals surface area contributed by atoms with E-state index in [0.29, 0.717) is 19.1 Å². The number of fused-ring (bicyclic) bond motifs is 1. The first-order valence-electron chi connectivity index (χ1n) is 13.7. The topological polar surface area (TPSA) is 88.9 Å². The summed E-state index contributed by atoms with van der Waals surface area (Å²) in [6.45, 7) is 10.7. The lowest BCUT2D eigenvalue weighted by Crippen LogP contribution is -2.43. The van der Waals surface area contributed by atoms with Gasteiger partial charge in [-0.3, -0.25) is 9.69 Å². The van der Waals surface area contributed by atoms with Gasteiger partial charge in [-0.25, -0.2) is 4.68 Å². The Morgan fingerprint density at radius 1 is 1.11 bits per heavy atom. The SMILES string of the molecule is Cc1cc(C)c2cc(CN(C3CCCCC3)[C@@H](c3nnnn3C[C@H]3CCCO3)C(C)C)c(=O)[nH]c2c1. The zero-order chi connectivity index (χ0) is 25.2. The van der Waals surface area contributed by atoms with Gasteiger partial charge in [0.05, 0.1) is 18.7 Å². The molecule has 0 bridgehead atoms. The Morgan fingerprint density at radius 2 is 1.92 bits per heavy atom. The first-order valence-corrected chi connectivity index (χ1v) is 13.7.